The molecule has 2 heterocycles. The zero-order valence-corrected chi connectivity index (χ0v) is 13.3. The third-order valence-electron chi connectivity index (χ3n) is 4.03. The Morgan fingerprint density at radius 1 is 1.43 bits per heavy atom. The van der Waals surface area contributed by atoms with E-state index in [0.717, 1.165) is 44.0 Å². The van der Waals surface area contributed by atoms with Gasteiger partial charge in [0.15, 0.2) is 0 Å². The van der Waals surface area contributed by atoms with E-state index >= 15 is 0 Å². The van der Waals surface area contributed by atoms with Crippen LogP contribution in [-0.2, 0) is 6.42 Å². The van der Waals surface area contributed by atoms with Crippen LogP contribution in [0, 0.1) is 0 Å². The summed E-state index contributed by atoms with van der Waals surface area (Å²) >= 11 is 0. The molecular weight excluding hydrogens is 264 g/mol. The second-order valence-corrected chi connectivity index (χ2v) is 5.60. The maximum Gasteiger partial charge on any atom is 0.251 e. The van der Waals surface area contributed by atoms with Crippen molar-refractivity contribution in [2.45, 2.75) is 39.2 Å². The summed E-state index contributed by atoms with van der Waals surface area (Å²) in [6, 6.07) is 4.18. The highest BCUT2D eigenvalue weighted by molar-refractivity contribution is 5.95. The van der Waals surface area contributed by atoms with Crippen molar-refractivity contribution < 1.29 is 4.79 Å². The third kappa shape index (κ3) is 4.17. The molecule has 2 rings (SSSR count). The normalized spacial score (nSPS) is 18.7. The minimum Gasteiger partial charge on any atom is -0.370 e. The lowest BCUT2D eigenvalue weighted by molar-refractivity contribution is 0.0943. The Kier molecular flexibility index (Phi) is 5.56. The minimum absolute atomic E-state index is 0.00782. The van der Waals surface area contributed by atoms with Crippen LogP contribution in [0.3, 0.4) is 0 Å². The van der Waals surface area contributed by atoms with E-state index in [9.17, 15) is 4.79 Å². The van der Waals surface area contributed by atoms with Crippen molar-refractivity contribution in [3.8, 4) is 0 Å². The smallest absolute Gasteiger partial charge is 0.251 e. The first kappa shape index (κ1) is 15.8. The van der Waals surface area contributed by atoms with E-state index in [1.165, 1.54) is 6.42 Å². The first-order chi connectivity index (χ1) is 10.1. The van der Waals surface area contributed by atoms with E-state index in [2.05, 4.69) is 27.6 Å². The number of carbonyl (C=O) groups excluding carboxylic acids is 1. The fourth-order valence-corrected chi connectivity index (χ4v) is 2.72. The number of aryl methyl sites for hydroxylation is 1. The van der Waals surface area contributed by atoms with Crippen molar-refractivity contribution in [3.63, 3.8) is 0 Å². The van der Waals surface area contributed by atoms with E-state index in [0.29, 0.717) is 11.6 Å². The fraction of sp³-hybridized carbons (Fsp3) is 0.625. The average molecular weight is 290 g/mol. The number of aromatic nitrogens is 1. The number of amides is 1. The second-order valence-electron chi connectivity index (χ2n) is 5.60. The predicted octanol–water partition coefficient (Wildman–Crippen LogP) is 1.90. The summed E-state index contributed by atoms with van der Waals surface area (Å²) in [4.78, 5) is 19.1. The maximum atomic E-state index is 12.3. The van der Waals surface area contributed by atoms with Crippen molar-refractivity contribution in [1.82, 2.24) is 15.2 Å². The number of hydrogen-bond acceptors (Lipinski definition) is 4. The molecule has 5 nitrogen and oxygen atoms in total. The Labute approximate surface area is 127 Å². The highest BCUT2D eigenvalue weighted by Crippen LogP contribution is 2.15. The van der Waals surface area contributed by atoms with Crippen molar-refractivity contribution in [2.75, 3.05) is 32.0 Å². The molecule has 1 aliphatic rings. The first-order valence-electron chi connectivity index (χ1n) is 7.87. The van der Waals surface area contributed by atoms with Gasteiger partial charge in [0.25, 0.3) is 5.91 Å². The Morgan fingerprint density at radius 3 is 2.86 bits per heavy atom. The molecule has 1 unspecified atom stereocenters. The lowest BCUT2D eigenvalue weighted by atomic mass is 10.1. The summed E-state index contributed by atoms with van der Waals surface area (Å²) in [5.74, 6) is 0.770. The van der Waals surface area contributed by atoms with Crippen LogP contribution in [-0.4, -0.2) is 48.5 Å². The number of likely N-dealkylation sites (N-methyl/N-ethyl adjacent to an activating group) is 1. The maximum absolute atomic E-state index is 12.3. The Morgan fingerprint density at radius 2 is 2.24 bits per heavy atom. The van der Waals surface area contributed by atoms with Gasteiger partial charge in [-0.05, 0) is 51.9 Å². The van der Waals surface area contributed by atoms with Gasteiger partial charge in [0, 0.05) is 30.4 Å². The number of anilines is 1. The fourth-order valence-electron chi connectivity index (χ4n) is 2.72. The molecule has 0 radical (unpaired) electrons. The molecule has 0 bridgehead atoms. The summed E-state index contributed by atoms with van der Waals surface area (Å²) in [5.41, 5.74) is 1.63. The van der Waals surface area contributed by atoms with Gasteiger partial charge in [0.05, 0.1) is 0 Å². The monoisotopic (exact) mass is 290 g/mol. The average Bonchev–Trinajstić information content (AvgIpc) is 2.90. The molecule has 1 amide bonds. The van der Waals surface area contributed by atoms with Gasteiger partial charge in [-0.3, -0.25) is 4.79 Å². The van der Waals surface area contributed by atoms with Crippen molar-refractivity contribution in [2.24, 2.45) is 0 Å². The number of likely N-dealkylation sites (tertiary alicyclic amines) is 1. The number of carbonyl (C=O) groups is 1. The first-order valence-corrected chi connectivity index (χ1v) is 7.87. The van der Waals surface area contributed by atoms with E-state index in [1.807, 2.05) is 26.0 Å². The highest BCUT2D eigenvalue weighted by Gasteiger charge is 2.21. The highest BCUT2D eigenvalue weighted by atomic mass is 16.1. The molecule has 0 aromatic carbocycles. The summed E-state index contributed by atoms with van der Waals surface area (Å²) < 4.78 is 0. The Hall–Kier alpha value is -1.62. The quantitative estimate of drug-likeness (QED) is 0.840. The van der Waals surface area contributed by atoms with Crippen LogP contribution in [0.2, 0.25) is 0 Å². The summed E-state index contributed by atoms with van der Waals surface area (Å²) in [6.45, 7) is 6.72. The lowest BCUT2D eigenvalue weighted by Gasteiger charge is -2.19. The van der Waals surface area contributed by atoms with Gasteiger partial charge in [-0.15, -0.1) is 0 Å². The van der Waals surface area contributed by atoms with E-state index in [1.54, 1.807) is 0 Å². The van der Waals surface area contributed by atoms with Crippen LogP contribution in [0.15, 0.2) is 12.1 Å². The van der Waals surface area contributed by atoms with E-state index in [4.69, 9.17) is 0 Å². The lowest BCUT2D eigenvalue weighted by Crippen LogP contribution is -2.38. The third-order valence-corrected chi connectivity index (χ3v) is 4.03. The van der Waals surface area contributed by atoms with Crippen molar-refractivity contribution in [1.29, 1.82) is 0 Å². The van der Waals surface area contributed by atoms with Crippen LogP contribution in [0.5, 0.6) is 0 Å². The summed E-state index contributed by atoms with van der Waals surface area (Å²) in [5, 5.41) is 6.24. The molecule has 1 saturated heterocycles. The van der Waals surface area contributed by atoms with Gasteiger partial charge >= 0.3 is 0 Å². The molecule has 1 fully saturated rings. The van der Waals surface area contributed by atoms with Crippen LogP contribution < -0.4 is 10.6 Å². The molecule has 0 saturated carbocycles. The standard InChI is InChI=1S/C16H26N4O/c1-4-13-9-12(10-15(19-13)17-5-2)16(21)18-11-14-7-6-8-20(14)3/h9-10,14H,4-8,11H2,1-3H3,(H,17,19)(H,18,21). The molecule has 21 heavy (non-hydrogen) atoms. The van der Waals surface area contributed by atoms with Crippen LogP contribution in [0.1, 0.15) is 42.7 Å². The molecule has 0 spiro atoms. The zero-order chi connectivity index (χ0) is 15.2. The molecule has 5 heteroatoms. The number of nitrogens with one attached hydrogen (secondary N) is 2. The molecule has 2 N–H and O–H groups in total. The van der Waals surface area contributed by atoms with E-state index < -0.39 is 0 Å². The topological polar surface area (TPSA) is 57.3 Å². The van der Waals surface area contributed by atoms with Gasteiger partial charge in [0.2, 0.25) is 0 Å². The van der Waals surface area contributed by atoms with Crippen molar-refractivity contribution >= 4 is 11.7 Å². The molecule has 1 aromatic heterocycles. The largest absolute Gasteiger partial charge is 0.370 e. The number of pyridine rings is 1. The number of hydrogen-bond donors (Lipinski definition) is 2. The van der Waals surface area contributed by atoms with Gasteiger partial charge in [-0.25, -0.2) is 4.98 Å². The SMILES string of the molecule is CCNc1cc(C(=O)NCC2CCCN2C)cc(CC)n1. The second kappa shape index (κ2) is 7.41. The van der Waals surface area contributed by atoms with Gasteiger partial charge in [-0.1, -0.05) is 6.92 Å². The van der Waals surface area contributed by atoms with Gasteiger partial charge < -0.3 is 15.5 Å². The van der Waals surface area contributed by atoms with Crippen LogP contribution in [0.4, 0.5) is 5.82 Å². The minimum atomic E-state index is -0.00782. The molecular formula is C16H26N4O. The number of nitrogens with zero attached hydrogens (tertiary/aromatic N) is 2. The molecule has 116 valence electrons. The van der Waals surface area contributed by atoms with Crippen LogP contribution >= 0.6 is 0 Å². The number of rotatable bonds is 6. The Balaban J connectivity index is 2.02. The van der Waals surface area contributed by atoms with Gasteiger partial charge in [-0.2, -0.15) is 0 Å². The molecule has 1 aliphatic heterocycles. The molecule has 1 atom stereocenters. The summed E-state index contributed by atoms with van der Waals surface area (Å²) in [6.07, 6.45) is 3.21. The predicted molar refractivity (Wildman–Crippen MR) is 85.8 cm³/mol. The Bertz CT molecular complexity index is 489. The summed E-state index contributed by atoms with van der Waals surface area (Å²) in [7, 11) is 2.12. The van der Waals surface area contributed by atoms with Crippen LogP contribution in [0.25, 0.3) is 0 Å². The molecule has 0 aliphatic carbocycles. The molecule has 1 aromatic rings. The van der Waals surface area contributed by atoms with Gasteiger partial charge in [0.1, 0.15) is 5.82 Å². The van der Waals surface area contributed by atoms with Crippen molar-refractivity contribution in [3.05, 3.63) is 23.4 Å². The van der Waals surface area contributed by atoms with E-state index in [-0.39, 0.29) is 5.91 Å². The zero-order valence-electron chi connectivity index (χ0n) is 13.3.